The van der Waals surface area contributed by atoms with Gasteiger partial charge < -0.3 is 0 Å². The fraction of sp³-hybridized carbons (Fsp3) is 0. The predicted molar refractivity (Wildman–Crippen MR) is 45.7 cm³/mol. The summed E-state index contributed by atoms with van der Waals surface area (Å²) >= 11 is 0. The van der Waals surface area contributed by atoms with Crippen LogP contribution in [0.1, 0.15) is 0 Å². The lowest BCUT2D eigenvalue weighted by atomic mass is 10.2. The number of nitrogens with one attached hydrogen (secondary N) is 2. The van der Waals surface area contributed by atoms with Crippen LogP contribution in [0.5, 0.6) is 0 Å². The second-order valence-corrected chi connectivity index (χ2v) is 2.73. The maximum absolute atomic E-state index is 3.96. The molecule has 58 valence electrons. The van der Waals surface area contributed by atoms with Crippen LogP contribution in [0.25, 0.3) is 21.8 Å². The normalized spacial score (nSPS) is 11.3. The third-order valence-electron chi connectivity index (χ3n) is 2.04. The summed E-state index contributed by atoms with van der Waals surface area (Å²) in [5.41, 5.74) is 2.08. The van der Waals surface area contributed by atoms with Crippen molar-refractivity contribution in [1.29, 1.82) is 0 Å². The maximum atomic E-state index is 3.96. The predicted octanol–water partition coefficient (Wildman–Crippen LogP) is 1.44. The summed E-state index contributed by atoms with van der Waals surface area (Å²) in [6, 6.07) is 4.01. The van der Waals surface area contributed by atoms with Crippen LogP contribution in [-0.2, 0) is 0 Å². The van der Waals surface area contributed by atoms with Gasteiger partial charge in [0.2, 0.25) is 0 Å². The second kappa shape index (κ2) is 1.85. The summed E-state index contributed by atoms with van der Waals surface area (Å²) in [5.74, 6) is 0. The average Bonchev–Trinajstić information content (AvgIpc) is 2.71. The largest absolute Gasteiger partial charge is 0.278 e. The summed E-state index contributed by atoms with van der Waals surface area (Å²) in [4.78, 5) is 0. The number of aromatic nitrogens is 4. The molecular formula is C8H6N4. The first-order chi connectivity index (χ1) is 5.95. The molecule has 2 aromatic heterocycles. The van der Waals surface area contributed by atoms with Crippen molar-refractivity contribution < 1.29 is 0 Å². The van der Waals surface area contributed by atoms with Gasteiger partial charge in [0, 0.05) is 10.8 Å². The zero-order valence-electron chi connectivity index (χ0n) is 6.20. The van der Waals surface area contributed by atoms with Gasteiger partial charge in [0.1, 0.15) is 0 Å². The minimum Gasteiger partial charge on any atom is -0.278 e. The van der Waals surface area contributed by atoms with Gasteiger partial charge in [-0.25, -0.2) is 0 Å². The Bertz CT molecular complexity index is 484. The molecule has 0 radical (unpaired) electrons. The number of fused-ring (bicyclic) bond motifs is 3. The van der Waals surface area contributed by atoms with E-state index in [9.17, 15) is 0 Å². The monoisotopic (exact) mass is 158 g/mol. The van der Waals surface area contributed by atoms with Crippen molar-refractivity contribution in [2.24, 2.45) is 0 Å². The van der Waals surface area contributed by atoms with Crippen molar-refractivity contribution in [3.63, 3.8) is 0 Å². The van der Waals surface area contributed by atoms with Crippen molar-refractivity contribution in [3.05, 3.63) is 24.5 Å². The van der Waals surface area contributed by atoms with E-state index in [4.69, 9.17) is 0 Å². The van der Waals surface area contributed by atoms with E-state index >= 15 is 0 Å². The Morgan fingerprint density at radius 1 is 1.00 bits per heavy atom. The molecule has 0 amide bonds. The van der Waals surface area contributed by atoms with Gasteiger partial charge in [-0.2, -0.15) is 10.2 Å². The molecule has 0 fully saturated rings. The van der Waals surface area contributed by atoms with E-state index in [1.54, 1.807) is 6.20 Å². The Labute approximate surface area is 67.6 Å². The molecule has 0 bridgehead atoms. The molecule has 0 unspecified atom stereocenters. The number of hydrogen-bond acceptors (Lipinski definition) is 2. The quantitative estimate of drug-likeness (QED) is 0.520. The molecule has 3 rings (SSSR count). The molecule has 3 aromatic rings. The fourth-order valence-corrected chi connectivity index (χ4v) is 1.43. The Morgan fingerprint density at radius 2 is 1.92 bits per heavy atom. The number of benzene rings is 1. The number of aromatic amines is 2. The summed E-state index contributed by atoms with van der Waals surface area (Å²) < 4.78 is 0. The molecule has 0 atom stereocenters. The fourth-order valence-electron chi connectivity index (χ4n) is 1.43. The van der Waals surface area contributed by atoms with Gasteiger partial charge in [-0.3, -0.25) is 10.2 Å². The lowest BCUT2D eigenvalue weighted by molar-refractivity contribution is 1.12. The molecule has 4 heteroatoms. The molecule has 12 heavy (non-hydrogen) atoms. The van der Waals surface area contributed by atoms with Gasteiger partial charge >= 0.3 is 0 Å². The van der Waals surface area contributed by atoms with Crippen LogP contribution in [0, 0.1) is 0 Å². The molecule has 0 spiro atoms. The van der Waals surface area contributed by atoms with E-state index < -0.39 is 0 Å². The zero-order chi connectivity index (χ0) is 7.97. The van der Waals surface area contributed by atoms with E-state index in [2.05, 4.69) is 20.4 Å². The summed E-state index contributed by atoms with van der Waals surface area (Å²) in [6.07, 6.45) is 3.61. The van der Waals surface area contributed by atoms with Gasteiger partial charge in [-0.15, -0.1) is 0 Å². The molecule has 0 aliphatic carbocycles. The van der Waals surface area contributed by atoms with Crippen LogP contribution >= 0.6 is 0 Å². The molecular weight excluding hydrogens is 152 g/mol. The minimum absolute atomic E-state index is 1.03. The van der Waals surface area contributed by atoms with Crippen LogP contribution in [0.4, 0.5) is 0 Å². The molecule has 0 aliphatic heterocycles. The first-order valence-corrected chi connectivity index (χ1v) is 3.70. The molecule has 1 aromatic carbocycles. The van der Waals surface area contributed by atoms with Crippen molar-refractivity contribution in [1.82, 2.24) is 20.4 Å². The summed E-state index contributed by atoms with van der Waals surface area (Å²) in [6.45, 7) is 0. The van der Waals surface area contributed by atoms with Gasteiger partial charge in [-0.1, -0.05) is 0 Å². The second-order valence-electron chi connectivity index (χ2n) is 2.73. The first kappa shape index (κ1) is 5.77. The smallest absolute Gasteiger partial charge is 0.0760 e. The van der Waals surface area contributed by atoms with Crippen molar-refractivity contribution >= 4 is 21.8 Å². The highest BCUT2D eigenvalue weighted by Gasteiger charge is 2.01. The molecule has 0 aliphatic rings. The maximum Gasteiger partial charge on any atom is 0.0760 e. The van der Waals surface area contributed by atoms with Crippen molar-refractivity contribution in [2.45, 2.75) is 0 Å². The standard InChI is InChI=1S/C8H6N4/c1-2-7-6(4-10-11-7)8-5(1)3-9-12-8/h1-4H,(H,9,12)(H,10,11). The highest BCUT2D eigenvalue weighted by atomic mass is 15.1. The van der Waals surface area contributed by atoms with Crippen LogP contribution in [0.15, 0.2) is 24.5 Å². The highest BCUT2D eigenvalue weighted by molar-refractivity contribution is 6.03. The minimum atomic E-state index is 1.03. The highest BCUT2D eigenvalue weighted by Crippen LogP contribution is 2.20. The van der Waals surface area contributed by atoms with Crippen LogP contribution in [0.3, 0.4) is 0 Å². The van der Waals surface area contributed by atoms with Crippen LogP contribution in [0.2, 0.25) is 0 Å². The molecule has 4 nitrogen and oxygen atoms in total. The Hall–Kier alpha value is -1.84. The molecule has 2 N–H and O–H groups in total. The van der Waals surface area contributed by atoms with E-state index in [1.165, 1.54) is 0 Å². The van der Waals surface area contributed by atoms with E-state index in [-0.39, 0.29) is 0 Å². The SMILES string of the molecule is c1cc2[nH]ncc2c2[nH]ncc12. The molecule has 0 saturated carbocycles. The Kier molecular flexibility index (Phi) is 0.889. The van der Waals surface area contributed by atoms with E-state index in [0.29, 0.717) is 0 Å². The van der Waals surface area contributed by atoms with E-state index in [1.807, 2.05) is 18.3 Å². The topological polar surface area (TPSA) is 57.4 Å². The number of nitrogens with zero attached hydrogens (tertiary/aromatic N) is 2. The summed E-state index contributed by atoms with van der Waals surface area (Å²) in [7, 11) is 0. The Balaban J connectivity index is 2.71. The van der Waals surface area contributed by atoms with Crippen molar-refractivity contribution in [2.75, 3.05) is 0 Å². The first-order valence-electron chi connectivity index (χ1n) is 3.70. The Morgan fingerprint density at radius 3 is 2.92 bits per heavy atom. The zero-order valence-corrected chi connectivity index (χ0v) is 6.20. The number of hydrogen-bond donors (Lipinski definition) is 2. The summed E-state index contributed by atoms with van der Waals surface area (Å²) in [5, 5.41) is 16.0. The molecule has 2 heterocycles. The van der Waals surface area contributed by atoms with E-state index in [0.717, 1.165) is 21.8 Å². The van der Waals surface area contributed by atoms with Crippen LogP contribution < -0.4 is 0 Å². The number of H-pyrrole nitrogens is 2. The molecule has 0 saturated heterocycles. The lowest BCUT2D eigenvalue weighted by Crippen LogP contribution is -1.70. The third-order valence-corrected chi connectivity index (χ3v) is 2.04. The lowest BCUT2D eigenvalue weighted by Gasteiger charge is -1.88. The third kappa shape index (κ3) is 0.567. The number of rotatable bonds is 0. The van der Waals surface area contributed by atoms with Crippen LogP contribution in [-0.4, -0.2) is 20.4 Å². The van der Waals surface area contributed by atoms with Gasteiger partial charge in [0.05, 0.1) is 23.4 Å². The van der Waals surface area contributed by atoms with Gasteiger partial charge in [0.15, 0.2) is 0 Å². The van der Waals surface area contributed by atoms with Gasteiger partial charge in [0.25, 0.3) is 0 Å². The van der Waals surface area contributed by atoms with Gasteiger partial charge in [-0.05, 0) is 12.1 Å². The average molecular weight is 158 g/mol. The van der Waals surface area contributed by atoms with Crippen molar-refractivity contribution in [3.8, 4) is 0 Å².